The Kier molecular flexibility index (Phi) is 3.16. The maximum Gasteiger partial charge on any atom is 0.352 e. The number of carboxylic acids is 1. The highest BCUT2D eigenvalue weighted by Crippen LogP contribution is 2.22. The molecule has 0 aliphatic rings. The number of nitrogens with zero attached hydrogens (tertiary/aromatic N) is 1. The molecular formula is C12H9ClN2O3. The highest BCUT2D eigenvalue weighted by atomic mass is 35.5. The number of H-pyrrole nitrogens is 1. The number of nitrogens with one attached hydrogen (secondary N) is 1. The molecule has 18 heavy (non-hydrogen) atoms. The number of hydrogen-bond acceptors (Lipinski definition) is 3. The van der Waals surface area contributed by atoms with Crippen molar-refractivity contribution in [2.75, 3.05) is 0 Å². The van der Waals surface area contributed by atoms with Crippen LogP contribution in [-0.2, 0) is 0 Å². The van der Waals surface area contributed by atoms with Crippen LogP contribution in [0.25, 0.3) is 11.3 Å². The molecule has 0 aliphatic heterocycles. The van der Waals surface area contributed by atoms with E-state index in [0.717, 1.165) is 0 Å². The number of halogens is 1. The Hall–Kier alpha value is -2.14. The van der Waals surface area contributed by atoms with E-state index < -0.39 is 11.7 Å². The first-order valence-electron chi connectivity index (χ1n) is 5.09. The summed E-state index contributed by atoms with van der Waals surface area (Å²) in [6.45, 7) is 1.59. The van der Waals surface area contributed by atoms with Crippen molar-refractivity contribution in [1.82, 2.24) is 9.97 Å². The third kappa shape index (κ3) is 2.26. The van der Waals surface area contributed by atoms with E-state index in [1.54, 1.807) is 31.2 Å². The predicted octanol–water partition coefficient (Wildman–Crippen LogP) is 2.10. The van der Waals surface area contributed by atoms with Gasteiger partial charge in [-0.1, -0.05) is 23.7 Å². The Bertz CT molecular complexity index is 662. The largest absolute Gasteiger partial charge is 0.477 e. The minimum absolute atomic E-state index is 0.153. The number of carboxylic acid groups (broad SMARTS) is 1. The van der Waals surface area contributed by atoms with Gasteiger partial charge in [-0.05, 0) is 19.1 Å². The van der Waals surface area contributed by atoms with E-state index in [4.69, 9.17) is 16.7 Å². The maximum atomic E-state index is 11.4. The van der Waals surface area contributed by atoms with Crippen LogP contribution in [0.4, 0.5) is 0 Å². The zero-order valence-electron chi connectivity index (χ0n) is 9.40. The lowest BCUT2D eigenvalue weighted by atomic mass is 10.1. The Morgan fingerprint density at radius 2 is 1.94 bits per heavy atom. The number of carbonyl (C=O) groups is 1. The smallest absolute Gasteiger partial charge is 0.352 e. The number of aromatic nitrogens is 2. The Morgan fingerprint density at radius 1 is 1.33 bits per heavy atom. The van der Waals surface area contributed by atoms with Crippen LogP contribution in [0, 0.1) is 6.92 Å². The molecule has 6 heteroatoms. The number of aromatic amines is 1. The molecule has 1 aromatic carbocycles. The number of benzene rings is 1. The second-order valence-electron chi connectivity index (χ2n) is 3.70. The highest BCUT2D eigenvalue weighted by Gasteiger charge is 2.15. The van der Waals surface area contributed by atoms with E-state index in [1.165, 1.54) is 0 Å². The van der Waals surface area contributed by atoms with Crippen molar-refractivity contribution in [3.63, 3.8) is 0 Å². The van der Waals surface area contributed by atoms with Crippen molar-refractivity contribution < 1.29 is 9.90 Å². The van der Waals surface area contributed by atoms with Crippen molar-refractivity contribution in [3.8, 4) is 11.3 Å². The monoisotopic (exact) mass is 264 g/mol. The van der Waals surface area contributed by atoms with E-state index >= 15 is 0 Å². The van der Waals surface area contributed by atoms with Crippen LogP contribution in [0.15, 0.2) is 29.1 Å². The van der Waals surface area contributed by atoms with Gasteiger partial charge in [-0.25, -0.2) is 9.59 Å². The van der Waals surface area contributed by atoms with E-state index in [0.29, 0.717) is 21.8 Å². The van der Waals surface area contributed by atoms with Crippen LogP contribution in [0.2, 0.25) is 5.02 Å². The molecule has 0 aliphatic carbocycles. The standard InChI is InChI=1S/C12H9ClN2O3/c1-6-9(7-2-4-8(13)5-3-7)14-12(18)15-10(6)11(16)17/h2-5H,1H3,(H,16,17)(H,14,15,18). The summed E-state index contributed by atoms with van der Waals surface area (Å²) in [4.78, 5) is 28.3. The van der Waals surface area contributed by atoms with Crippen LogP contribution in [0.5, 0.6) is 0 Å². The molecule has 0 saturated carbocycles. The van der Waals surface area contributed by atoms with Gasteiger partial charge in [-0.2, -0.15) is 4.98 Å². The minimum atomic E-state index is -1.19. The molecule has 92 valence electrons. The summed E-state index contributed by atoms with van der Waals surface area (Å²) < 4.78 is 0. The average molecular weight is 265 g/mol. The summed E-state index contributed by atoms with van der Waals surface area (Å²) in [5, 5.41) is 9.54. The first-order chi connectivity index (χ1) is 8.49. The first-order valence-corrected chi connectivity index (χ1v) is 5.47. The van der Waals surface area contributed by atoms with Gasteiger partial charge in [-0.15, -0.1) is 0 Å². The second kappa shape index (κ2) is 4.62. The fraction of sp³-hybridized carbons (Fsp3) is 0.0833. The lowest BCUT2D eigenvalue weighted by Crippen LogP contribution is -2.19. The van der Waals surface area contributed by atoms with Crippen LogP contribution in [0.3, 0.4) is 0 Å². The molecule has 0 amide bonds. The summed E-state index contributed by atoms with van der Waals surface area (Å²) in [5.74, 6) is -1.19. The van der Waals surface area contributed by atoms with Gasteiger partial charge in [0.15, 0.2) is 0 Å². The van der Waals surface area contributed by atoms with Crippen molar-refractivity contribution in [1.29, 1.82) is 0 Å². The van der Waals surface area contributed by atoms with Gasteiger partial charge in [0.05, 0.1) is 5.69 Å². The molecule has 1 heterocycles. The van der Waals surface area contributed by atoms with E-state index in [1.807, 2.05) is 0 Å². The van der Waals surface area contributed by atoms with Gasteiger partial charge in [0, 0.05) is 16.1 Å². The molecule has 0 radical (unpaired) electrons. The fourth-order valence-corrected chi connectivity index (χ4v) is 1.76. The second-order valence-corrected chi connectivity index (χ2v) is 4.14. The number of aromatic carboxylic acids is 1. The molecule has 0 fully saturated rings. The summed E-state index contributed by atoms with van der Waals surface area (Å²) in [6.07, 6.45) is 0. The van der Waals surface area contributed by atoms with Crippen LogP contribution in [-0.4, -0.2) is 21.0 Å². The molecule has 0 atom stereocenters. The summed E-state index contributed by atoms with van der Waals surface area (Å²) in [6, 6.07) is 6.67. The van der Waals surface area contributed by atoms with Gasteiger partial charge in [0.2, 0.25) is 0 Å². The van der Waals surface area contributed by atoms with Gasteiger partial charge in [-0.3, -0.25) is 4.98 Å². The minimum Gasteiger partial charge on any atom is -0.477 e. The Balaban J connectivity index is 2.68. The highest BCUT2D eigenvalue weighted by molar-refractivity contribution is 6.30. The van der Waals surface area contributed by atoms with Crippen LogP contribution >= 0.6 is 11.6 Å². The molecule has 0 saturated heterocycles. The normalized spacial score (nSPS) is 10.3. The number of rotatable bonds is 2. The zero-order chi connectivity index (χ0) is 13.3. The van der Waals surface area contributed by atoms with Crippen molar-refractivity contribution in [3.05, 3.63) is 51.0 Å². The molecule has 1 aromatic heterocycles. The molecular weight excluding hydrogens is 256 g/mol. The third-order valence-electron chi connectivity index (χ3n) is 2.51. The quantitative estimate of drug-likeness (QED) is 0.870. The molecule has 0 spiro atoms. The summed E-state index contributed by atoms with van der Waals surface area (Å²) in [5.41, 5.74) is 0.547. The topological polar surface area (TPSA) is 83.0 Å². The van der Waals surface area contributed by atoms with Gasteiger partial charge in [0.25, 0.3) is 0 Å². The summed E-state index contributed by atoms with van der Waals surface area (Å²) >= 11 is 5.77. The summed E-state index contributed by atoms with van der Waals surface area (Å²) in [7, 11) is 0. The number of hydrogen-bond donors (Lipinski definition) is 2. The van der Waals surface area contributed by atoms with Crippen molar-refractivity contribution in [2.45, 2.75) is 6.92 Å². The van der Waals surface area contributed by atoms with Gasteiger partial charge >= 0.3 is 11.7 Å². The zero-order valence-corrected chi connectivity index (χ0v) is 10.2. The van der Waals surface area contributed by atoms with Gasteiger partial charge in [0.1, 0.15) is 5.69 Å². The Labute approximate surface area is 107 Å². The lowest BCUT2D eigenvalue weighted by Gasteiger charge is -2.07. The molecule has 2 rings (SSSR count). The van der Waals surface area contributed by atoms with Crippen LogP contribution in [0.1, 0.15) is 16.1 Å². The molecule has 2 aromatic rings. The van der Waals surface area contributed by atoms with Crippen molar-refractivity contribution in [2.24, 2.45) is 0 Å². The predicted molar refractivity (Wildman–Crippen MR) is 67.0 cm³/mol. The first kappa shape index (κ1) is 12.3. The molecule has 5 nitrogen and oxygen atoms in total. The van der Waals surface area contributed by atoms with Crippen molar-refractivity contribution >= 4 is 17.6 Å². The average Bonchev–Trinajstić information content (AvgIpc) is 2.32. The SMILES string of the molecule is Cc1c(-c2ccc(Cl)cc2)nc(=O)[nH]c1C(=O)O. The molecule has 0 bridgehead atoms. The van der Waals surface area contributed by atoms with E-state index in [2.05, 4.69) is 9.97 Å². The van der Waals surface area contributed by atoms with Crippen LogP contribution < -0.4 is 5.69 Å². The molecule has 2 N–H and O–H groups in total. The maximum absolute atomic E-state index is 11.4. The third-order valence-corrected chi connectivity index (χ3v) is 2.76. The molecule has 0 unspecified atom stereocenters. The fourth-order valence-electron chi connectivity index (χ4n) is 1.64. The van der Waals surface area contributed by atoms with E-state index in [-0.39, 0.29) is 5.69 Å². The van der Waals surface area contributed by atoms with E-state index in [9.17, 15) is 9.59 Å². The Morgan fingerprint density at radius 3 is 2.50 bits per heavy atom. The van der Waals surface area contributed by atoms with Gasteiger partial charge < -0.3 is 5.11 Å². The lowest BCUT2D eigenvalue weighted by molar-refractivity contribution is 0.0689.